The third-order valence-electron chi connectivity index (χ3n) is 5.73. The highest BCUT2D eigenvalue weighted by Gasteiger charge is 2.37. The van der Waals surface area contributed by atoms with Crippen LogP contribution in [0.5, 0.6) is 5.88 Å². The van der Waals surface area contributed by atoms with Gasteiger partial charge in [-0.15, -0.1) is 5.10 Å². The Hall–Kier alpha value is -2.88. The molecule has 1 atom stereocenters. The molecule has 3 aromatic rings. The van der Waals surface area contributed by atoms with Crippen LogP contribution in [0.4, 0.5) is 18.9 Å². The van der Waals surface area contributed by atoms with Crippen molar-refractivity contribution in [2.45, 2.75) is 45.5 Å². The van der Waals surface area contributed by atoms with E-state index in [1.165, 1.54) is 11.3 Å². The summed E-state index contributed by atoms with van der Waals surface area (Å²) in [5, 5.41) is 3.54. The molecule has 0 aliphatic carbocycles. The van der Waals surface area contributed by atoms with Gasteiger partial charge in [0.05, 0.1) is 12.3 Å². The van der Waals surface area contributed by atoms with Gasteiger partial charge >= 0.3 is 6.18 Å². The average molecular weight is 448 g/mol. The molecule has 0 bridgehead atoms. The minimum atomic E-state index is -4.64. The fourth-order valence-corrected chi connectivity index (χ4v) is 4.05. The van der Waals surface area contributed by atoms with Crippen LogP contribution in [0.25, 0.3) is 5.78 Å². The lowest BCUT2D eigenvalue weighted by Gasteiger charge is -2.38. The number of ether oxygens (including phenoxy) is 1. The minimum Gasteiger partial charge on any atom is -0.478 e. The number of likely N-dealkylation sites (N-methyl/N-ethyl adjacent to an activating group) is 1. The summed E-state index contributed by atoms with van der Waals surface area (Å²) in [7, 11) is 2.10. The molecular formula is C22H27F3N6O. The molecule has 0 N–H and O–H groups in total. The lowest BCUT2D eigenvalue weighted by atomic mass is 10.0. The van der Waals surface area contributed by atoms with Crippen molar-refractivity contribution < 1.29 is 17.9 Å². The number of rotatable bonds is 6. The number of nitrogens with zero attached hydrogens (tertiary/aromatic N) is 6. The highest BCUT2D eigenvalue weighted by Crippen LogP contribution is 2.28. The van der Waals surface area contributed by atoms with E-state index < -0.39 is 12.0 Å². The van der Waals surface area contributed by atoms with Crippen LogP contribution in [0.1, 0.15) is 36.8 Å². The Bertz CT molecular complexity index is 1070. The molecule has 0 saturated carbocycles. The Labute approximate surface area is 184 Å². The molecule has 1 saturated heterocycles. The Morgan fingerprint density at radius 1 is 1.19 bits per heavy atom. The molecule has 0 radical (unpaired) electrons. The molecule has 32 heavy (non-hydrogen) atoms. The molecule has 1 fully saturated rings. The van der Waals surface area contributed by atoms with Crippen molar-refractivity contribution in [3.8, 4) is 5.88 Å². The van der Waals surface area contributed by atoms with Gasteiger partial charge in [-0.25, -0.2) is 4.98 Å². The summed E-state index contributed by atoms with van der Waals surface area (Å²) in [6, 6.07) is 10.5. The number of fused-ring (bicyclic) bond motifs is 1. The zero-order valence-electron chi connectivity index (χ0n) is 18.4. The Balaban J connectivity index is 1.53. The first-order chi connectivity index (χ1) is 15.2. The van der Waals surface area contributed by atoms with Crippen molar-refractivity contribution in [1.29, 1.82) is 0 Å². The summed E-state index contributed by atoms with van der Waals surface area (Å²) in [6.07, 6.45) is -2.53. The van der Waals surface area contributed by atoms with Crippen molar-refractivity contribution in [1.82, 2.24) is 24.5 Å². The predicted octanol–water partition coefficient (Wildman–Crippen LogP) is 3.95. The van der Waals surface area contributed by atoms with Gasteiger partial charge in [0.25, 0.3) is 11.6 Å². The first-order valence-electron chi connectivity index (χ1n) is 10.7. The van der Waals surface area contributed by atoms with Crippen molar-refractivity contribution in [2.24, 2.45) is 0 Å². The van der Waals surface area contributed by atoms with Crippen LogP contribution in [0.2, 0.25) is 0 Å². The summed E-state index contributed by atoms with van der Waals surface area (Å²) >= 11 is 0. The monoisotopic (exact) mass is 448 g/mol. The van der Waals surface area contributed by atoms with E-state index in [-0.39, 0.29) is 11.7 Å². The average Bonchev–Trinajstić information content (AvgIpc) is 3.19. The normalized spacial score (nSPS) is 17.6. The number of aryl methyl sites for hydroxylation is 1. The molecule has 7 nitrogen and oxygen atoms in total. The molecule has 10 heteroatoms. The molecule has 0 amide bonds. The minimum absolute atomic E-state index is 0.108. The number of aromatic nitrogens is 4. The Morgan fingerprint density at radius 2 is 1.94 bits per heavy atom. The van der Waals surface area contributed by atoms with E-state index in [0.717, 1.165) is 30.4 Å². The highest BCUT2D eigenvalue weighted by molar-refractivity contribution is 5.47. The number of benzene rings is 1. The number of hydrogen-bond donors (Lipinski definition) is 0. The van der Waals surface area contributed by atoms with Gasteiger partial charge in [-0.3, -0.25) is 4.90 Å². The van der Waals surface area contributed by atoms with Crippen LogP contribution < -0.4 is 9.64 Å². The van der Waals surface area contributed by atoms with Crippen molar-refractivity contribution >= 4 is 11.5 Å². The Kier molecular flexibility index (Phi) is 6.23. The van der Waals surface area contributed by atoms with Crippen LogP contribution in [0, 0.1) is 6.92 Å². The molecule has 2 aromatic heterocycles. The maximum atomic E-state index is 13.1. The zero-order valence-corrected chi connectivity index (χ0v) is 18.4. The van der Waals surface area contributed by atoms with Crippen molar-refractivity contribution in [3.63, 3.8) is 0 Å². The molecule has 0 spiro atoms. The molecule has 4 rings (SSSR count). The molecule has 1 aromatic carbocycles. The third-order valence-corrected chi connectivity index (χ3v) is 5.73. The molecule has 1 aliphatic heterocycles. The lowest BCUT2D eigenvalue weighted by molar-refractivity contribution is -0.144. The van der Waals surface area contributed by atoms with Gasteiger partial charge < -0.3 is 9.64 Å². The molecule has 1 unspecified atom stereocenters. The van der Waals surface area contributed by atoms with E-state index in [2.05, 4.69) is 63.1 Å². The van der Waals surface area contributed by atoms with Gasteiger partial charge in [0.15, 0.2) is 0 Å². The van der Waals surface area contributed by atoms with Gasteiger partial charge in [0.1, 0.15) is 0 Å². The van der Waals surface area contributed by atoms with Crippen LogP contribution >= 0.6 is 0 Å². The first-order valence-corrected chi connectivity index (χ1v) is 10.7. The van der Waals surface area contributed by atoms with E-state index in [0.29, 0.717) is 24.9 Å². The van der Waals surface area contributed by atoms with Crippen molar-refractivity contribution in [3.05, 3.63) is 47.4 Å². The number of piperidine rings is 1. The standard InChI is InChI=1S/C22H27F3N6O/c1-4-32-19-12-16(26-21-27-20(22(23,24)25)28-31(19)21)13-30-11-5-6-18(14-30)29(3)17-9-7-15(2)8-10-17/h7-10,12,18H,4-6,11,13-14H2,1-3H3. The highest BCUT2D eigenvalue weighted by atomic mass is 19.4. The smallest absolute Gasteiger partial charge is 0.453 e. The maximum absolute atomic E-state index is 13.1. The third kappa shape index (κ3) is 4.79. The fourth-order valence-electron chi connectivity index (χ4n) is 4.05. The second-order valence-corrected chi connectivity index (χ2v) is 8.14. The van der Waals surface area contributed by atoms with Crippen molar-refractivity contribution in [2.75, 3.05) is 31.6 Å². The molecule has 3 heterocycles. The van der Waals surface area contributed by atoms with E-state index in [1.54, 1.807) is 13.0 Å². The Morgan fingerprint density at radius 3 is 2.62 bits per heavy atom. The molecule has 1 aliphatic rings. The number of alkyl halides is 3. The summed E-state index contributed by atoms with van der Waals surface area (Å²) in [4.78, 5) is 12.5. The summed E-state index contributed by atoms with van der Waals surface area (Å²) in [5.41, 5.74) is 3.01. The van der Waals surface area contributed by atoms with Gasteiger partial charge in [-0.05, 0) is 45.4 Å². The van der Waals surface area contributed by atoms with Gasteiger partial charge in [0, 0.05) is 37.9 Å². The van der Waals surface area contributed by atoms with Crippen LogP contribution in [0.15, 0.2) is 30.3 Å². The quantitative estimate of drug-likeness (QED) is 0.569. The topological polar surface area (TPSA) is 58.8 Å². The predicted molar refractivity (Wildman–Crippen MR) is 115 cm³/mol. The van der Waals surface area contributed by atoms with Crippen LogP contribution in [-0.2, 0) is 12.7 Å². The summed E-state index contributed by atoms with van der Waals surface area (Å²) in [5.74, 6) is -1.12. The van der Waals surface area contributed by atoms with E-state index in [4.69, 9.17) is 4.74 Å². The maximum Gasteiger partial charge on any atom is 0.453 e. The summed E-state index contributed by atoms with van der Waals surface area (Å²) < 4.78 is 45.8. The van der Waals surface area contributed by atoms with Crippen LogP contribution in [-0.4, -0.2) is 57.3 Å². The largest absolute Gasteiger partial charge is 0.478 e. The van der Waals surface area contributed by atoms with E-state index in [1.807, 2.05) is 0 Å². The van der Waals surface area contributed by atoms with Crippen LogP contribution in [0.3, 0.4) is 0 Å². The van der Waals surface area contributed by atoms with Gasteiger partial charge in [0.2, 0.25) is 5.88 Å². The zero-order chi connectivity index (χ0) is 22.9. The molecule has 172 valence electrons. The lowest BCUT2D eigenvalue weighted by Crippen LogP contribution is -2.46. The number of halogens is 3. The summed E-state index contributed by atoms with van der Waals surface area (Å²) in [6.45, 7) is 6.37. The number of likely N-dealkylation sites (tertiary alicyclic amines) is 1. The molecular weight excluding hydrogens is 421 g/mol. The van der Waals surface area contributed by atoms with E-state index in [9.17, 15) is 13.2 Å². The van der Waals surface area contributed by atoms with Gasteiger partial charge in [-0.2, -0.15) is 22.7 Å². The number of anilines is 1. The second-order valence-electron chi connectivity index (χ2n) is 8.14. The number of hydrogen-bond acceptors (Lipinski definition) is 6. The van der Waals surface area contributed by atoms with E-state index >= 15 is 0 Å². The van der Waals surface area contributed by atoms with Gasteiger partial charge in [-0.1, -0.05) is 17.7 Å². The fraction of sp³-hybridized carbons (Fsp3) is 0.500. The second kappa shape index (κ2) is 8.93. The SMILES string of the molecule is CCOc1cc(CN2CCCC(N(C)c3ccc(C)cc3)C2)nc2nc(C(F)(F)F)nn12. The first kappa shape index (κ1) is 22.3.